The van der Waals surface area contributed by atoms with Crippen LogP contribution in [0.1, 0.15) is 51.0 Å². The van der Waals surface area contributed by atoms with Gasteiger partial charge < -0.3 is 9.64 Å². The summed E-state index contributed by atoms with van der Waals surface area (Å²) >= 11 is 3.44. The number of hydrogen-bond donors (Lipinski definition) is 0. The number of nitrogens with zero attached hydrogens (tertiary/aromatic N) is 1. The first-order chi connectivity index (χ1) is 11.1. The van der Waals surface area contributed by atoms with Crippen molar-refractivity contribution in [3.8, 4) is 5.75 Å². The summed E-state index contributed by atoms with van der Waals surface area (Å²) < 4.78 is 5.21. The Morgan fingerprint density at radius 3 is 2.57 bits per heavy atom. The number of allylic oxidation sites excluding steroid dienone is 2. The second-order valence-corrected chi connectivity index (χ2v) is 7.41. The molecule has 0 aliphatic heterocycles. The van der Waals surface area contributed by atoms with Crippen LogP contribution in [0.4, 0.5) is 0 Å². The smallest absolute Gasteiger partial charge is 0.240 e. The molecule has 0 aromatic heterocycles. The molecule has 0 saturated carbocycles. The minimum absolute atomic E-state index is 0.132. The molecule has 0 N–H and O–H groups in total. The third-order valence-corrected chi connectivity index (χ3v) is 4.61. The van der Waals surface area contributed by atoms with E-state index in [9.17, 15) is 4.79 Å². The number of methoxy groups -OCH3 is 1. The summed E-state index contributed by atoms with van der Waals surface area (Å²) in [7, 11) is 1.66. The van der Waals surface area contributed by atoms with Crippen molar-refractivity contribution in [2.75, 3.05) is 7.11 Å². The zero-order valence-corrected chi connectivity index (χ0v) is 15.6. The topological polar surface area (TPSA) is 29.5 Å². The van der Waals surface area contributed by atoms with E-state index in [4.69, 9.17) is 4.74 Å². The molecule has 1 atom stereocenters. The molecule has 0 saturated heterocycles. The highest BCUT2D eigenvalue weighted by Crippen LogP contribution is 2.24. The lowest BCUT2D eigenvalue weighted by atomic mass is 10.0. The summed E-state index contributed by atoms with van der Waals surface area (Å²) in [5.74, 6) is 0.971. The Morgan fingerprint density at radius 1 is 1.22 bits per heavy atom. The van der Waals surface area contributed by atoms with E-state index in [0.29, 0.717) is 6.54 Å². The zero-order valence-electron chi connectivity index (χ0n) is 14.1. The summed E-state index contributed by atoms with van der Waals surface area (Å²) in [6.07, 6.45) is 9.25. The molecule has 3 nitrogen and oxygen atoms in total. The first-order valence-electron chi connectivity index (χ1n) is 8.39. The summed E-state index contributed by atoms with van der Waals surface area (Å²) in [4.78, 5) is 14.5. The van der Waals surface area contributed by atoms with Gasteiger partial charge in [-0.3, -0.25) is 4.79 Å². The first kappa shape index (κ1) is 18.1. The van der Waals surface area contributed by atoms with Crippen molar-refractivity contribution in [3.05, 3.63) is 41.6 Å². The third kappa shape index (κ3) is 5.38. The van der Waals surface area contributed by atoms with Gasteiger partial charge in [-0.1, -0.05) is 47.0 Å². The number of amides is 1. The van der Waals surface area contributed by atoms with Crippen LogP contribution in [0, 0.1) is 0 Å². The van der Waals surface area contributed by atoms with Crippen LogP contribution >= 0.6 is 15.9 Å². The molecule has 0 bridgehead atoms. The van der Waals surface area contributed by atoms with E-state index >= 15 is 0 Å². The normalized spacial score (nSPS) is 19.0. The molecule has 1 aromatic carbocycles. The molecule has 1 amide bonds. The molecule has 23 heavy (non-hydrogen) atoms. The van der Waals surface area contributed by atoms with Gasteiger partial charge in [-0.15, -0.1) is 0 Å². The summed E-state index contributed by atoms with van der Waals surface area (Å²) in [6.45, 7) is 2.51. The monoisotopic (exact) mass is 379 g/mol. The van der Waals surface area contributed by atoms with Crippen LogP contribution in [-0.2, 0) is 11.3 Å². The fourth-order valence-electron chi connectivity index (χ4n) is 2.87. The Hall–Kier alpha value is -1.29. The first-order valence-corrected chi connectivity index (χ1v) is 9.31. The van der Waals surface area contributed by atoms with Crippen LogP contribution < -0.4 is 4.74 Å². The molecule has 0 heterocycles. The maximum Gasteiger partial charge on any atom is 0.240 e. The minimum atomic E-state index is -0.174. The lowest BCUT2D eigenvalue weighted by Crippen LogP contribution is -2.34. The number of rotatable bonds is 5. The Morgan fingerprint density at radius 2 is 1.91 bits per heavy atom. The number of alkyl halides is 1. The highest BCUT2D eigenvalue weighted by atomic mass is 79.9. The van der Waals surface area contributed by atoms with Gasteiger partial charge in [0.05, 0.1) is 18.5 Å². The molecule has 1 aliphatic carbocycles. The van der Waals surface area contributed by atoms with Gasteiger partial charge in [0.25, 0.3) is 0 Å². The molecule has 0 radical (unpaired) electrons. The number of hydrogen-bond acceptors (Lipinski definition) is 2. The van der Waals surface area contributed by atoms with E-state index in [2.05, 4.69) is 22.0 Å². The highest BCUT2D eigenvalue weighted by Gasteiger charge is 2.22. The van der Waals surface area contributed by atoms with Gasteiger partial charge in [0, 0.05) is 5.70 Å². The molecular formula is C19H26BrNO2. The molecule has 2 rings (SSSR count). The van der Waals surface area contributed by atoms with Gasteiger partial charge >= 0.3 is 0 Å². The lowest BCUT2D eigenvalue weighted by molar-refractivity contribution is -0.129. The predicted molar refractivity (Wildman–Crippen MR) is 97.7 cm³/mol. The van der Waals surface area contributed by atoms with Crippen LogP contribution in [0.3, 0.4) is 0 Å². The predicted octanol–water partition coefficient (Wildman–Crippen LogP) is 5.05. The van der Waals surface area contributed by atoms with Crippen LogP contribution in [0.2, 0.25) is 0 Å². The van der Waals surface area contributed by atoms with Gasteiger partial charge in [0.1, 0.15) is 5.75 Å². The van der Waals surface area contributed by atoms with Crippen molar-refractivity contribution in [3.63, 3.8) is 0 Å². The molecular weight excluding hydrogens is 354 g/mol. The Kier molecular flexibility index (Phi) is 7.15. The second-order valence-electron chi connectivity index (χ2n) is 6.04. The average Bonchev–Trinajstić information content (AvgIpc) is 2.53. The van der Waals surface area contributed by atoms with Crippen molar-refractivity contribution in [1.82, 2.24) is 4.90 Å². The van der Waals surface area contributed by atoms with Crippen LogP contribution in [0.15, 0.2) is 36.0 Å². The van der Waals surface area contributed by atoms with Gasteiger partial charge in [0.15, 0.2) is 0 Å². The van der Waals surface area contributed by atoms with Crippen molar-refractivity contribution in [2.24, 2.45) is 0 Å². The van der Waals surface area contributed by atoms with Gasteiger partial charge in [-0.05, 0) is 50.3 Å². The Bertz CT molecular complexity index is 537. The molecule has 4 heteroatoms. The van der Waals surface area contributed by atoms with Crippen molar-refractivity contribution in [2.45, 2.75) is 56.8 Å². The molecule has 1 aromatic rings. The fourth-order valence-corrected chi connectivity index (χ4v) is 3.12. The number of ether oxygens (including phenoxy) is 1. The van der Waals surface area contributed by atoms with Crippen LogP contribution in [-0.4, -0.2) is 22.7 Å². The minimum Gasteiger partial charge on any atom is -0.497 e. The summed E-state index contributed by atoms with van der Waals surface area (Å²) in [5.41, 5.74) is 2.30. The fraction of sp³-hybridized carbons (Fsp3) is 0.526. The number of carbonyl (C=O) groups excluding carboxylic acids is 1. The molecule has 1 unspecified atom stereocenters. The van der Waals surface area contributed by atoms with E-state index in [0.717, 1.165) is 30.6 Å². The quantitative estimate of drug-likeness (QED) is 0.670. The molecule has 126 valence electrons. The second kappa shape index (κ2) is 9.11. The Balaban J connectivity index is 2.20. The van der Waals surface area contributed by atoms with Crippen LogP contribution in [0.25, 0.3) is 0 Å². The summed E-state index contributed by atoms with van der Waals surface area (Å²) in [5, 5.41) is 0. The molecule has 0 spiro atoms. The number of carbonyl (C=O) groups is 1. The highest BCUT2D eigenvalue weighted by molar-refractivity contribution is 9.10. The van der Waals surface area contributed by atoms with Gasteiger partial charge in [-0.2, -0.15) is 0 Å². The zero-order chi connectivity index (χ0) is 16.7. The van der Waals surface area contributed by atoms with Gasteiger partial charge in [-0.25, -0.2) is 0 Å². The third-order valence-electron chi connectivity index (χ3n) is 4.22. The maximum absolute atomic E-state index is 12.7. The number of benzene rings is 1. The molecule has 1 aliphatic rings. The van der Waals surface area contributed by atoms with E-state index in [1.807, 2.05) is 36.1 Å². The van der Waals surface area contributed by atoms with E-state index in [-0.39, 0.29) is 10.7 Å². The van der Waals surface area contributed by atoms with Crippen molar-refractivity contribution in [1.29, 1.82) is 0 Å². The van der Waals surface area contributed by atoms with Crippen LogP contribution in [0.5, 0.6) is 5.75 Å². The molecule has 0 fully saturated rings. The van der Waals surface area contributed by atoms with Gasteiger partial charge in [0.2, 0.25) is 5.91 Å². The lowest BCUT2D eigenvalue weighted by Gasteiger charge is -2.28. The summed E-state index contributed by atoms with van der Waals surface area (Å²) in [6, 6.07) is 7.95. The van der Waals surface area contributed by atoms with Crippen molar-refractivity contribution < 1.29 is 9.53 Å². The number of halogens is 1. The standard InChI is InChI=1S/C19H26BrNO2/c1-15(20)19(22)21(17-8-6-4-3-5-7-9-17)14-16-10-12-18(23-2)13-11-16/h8,10-13,15H,3-7,9,14H2,1-2H3/b17-8+. The van der Waals surface area contributed by atoms with Crippen molar-refractivity contribution >= 4 is 21.8 Å². The van der Waals surface area contributed by atoms with E-state index in [1.165, 1.54) is 25.0 Å². The average molecular weight is 380 g/mol. The van der Waals surface area contributed by atoms with E-state index in [1.54, 1.807) is 7.11 Å². The maximum atomic E-state index is 12.7. The largest absolute Gasteiger partial charge is 0.497 e. The Labute approximate surface area is 147 Å². The SMILES string of the molecule is COc1ccc(CN(C(=O)C(C)Br)/C2=C/CCCCCC2)cc1. The van der Waals surface area contributed by atoms with E-state index < -0.39 is 0 Å².